The maximum atomic E-state index is 12.8. The fourth-order valence-corrected chi connectivity index (χ4v) is 3.55. The number of carbonyl (C=O) groups excluding carboxylic acids is 1. The number of benzene rings is 2. The van der Waals surface area contributed by atoms with E-state index in [2.05, 4.69) is 16.7 Å². The molecule has 2 heterocycles. The number of nitrogens with one attached hydrogen (secondary N) is 2. The predicted octanol–water partition coefficient (Wildman–Crippen LogP) is 2.04. The summed E-state index contributed by atoms with van der Waals surface area (Å²) in [4.78, 5) is 12.8. The lowest BCUT2D eigenvalue weighted by molar-refractivity contribution is -0.125. The van der Waals surface area contributed by atoms with Crippen molar-refractivity contribution in [1.82, 2.24) is 10.6 Å². The lowest BCUT2D eigenvalue weighted by Gasteiger charge is -2.19. The average molecular weight is 354 g/mol. The van der Waals surface area contributed by atoms with Crippen LogP contribution in [0.4, 0.5) is 0 Å². The lowest BCUT2D eigenvalue weighted by atomic mass is 9.88. The molecule has 0 bridgehead atoms. The van der Waals surface area contributed by atoms with E-state index >= 15 is 0 Å². The molecule has 2 aromatic rings. The normalized spacial score (nSPS) is 20.8. The van der Waals surface area contributed by atoms with Crippen LogP contribution in [-0.2, 0) is 11.3 Å². The van der Waals surface area contributed by atoms with Gasteiger partial charge in [0.05, 0.1) is 13.0 Å². The third-order valence-electron chi connectivity index (χ3n) is 4.98. The summed E-state index contributed by atoms with van der Waals surface area (Å²) in [7, 11) is 1.65. The van der Waals surface area contributed by atoms with Gasteiger partial charge in [-0.3, -0.25) is 4.79 Å². The molecule has 6 nitrogen and oxygen atoms in total. The molecular weight excluding hydrogens is 332 g/mol. The van der Waals surface area contributed by atoms with Crippen molar-refractivity contribution in [3.05, 3.63) is 53.6 Å². The first-order valence-corrected chi connectivity index (χ1v) is 8.75. The summed E-state index contributed by atoms with van der Waals surface area (Å²) in [6.07, 6.45) is 0. The fraction of sp³-hybridized carbons (Fsp3) is 0.350. The Morgan fingerprint density at radius 2 is 2.08 bits per heavy atom. The van der Waals surface area contributed by atoms with Crippen LogP contribution in [0.15, 0.2) is 42.5 Å². The van der Waals surface area contributed by atoms with Crippen LogP contribution in [0.1, 0.15) is 17.0 Å². The van der Waals surface area contributed by atoms with Gasteiger partial charge in [0, 0.05) is 25.6 Å². The second-order valence-electron chi connectivity index (χ2n) is 6.55. The third kappa shape index (κ3) is 3.32. The molecule has 26 heavy (non-hydrogen) atoms. The number of hydrogen-bond acceptors (Lipinski definition) is 5. The molecule has 2 aliphatic heterocycles. The van der Waals surface area contributed by atoms with Crippen LogP contribution in [0.3, 0.4) is 0 Å². The first kappa shape index (κ1) is 16.7. The summed E-state index contributed by atoms with van der Waals surface area (Å²) in [6.45, 7) is 2.18. The summed E-state index contributed by atoms with van der Waals surface area (Å²) >= 11 is 0. The first-order chi connectivity index (χ1) is 12.7. The van der Waals surface area contributed by atoms with E-state index in [-0.39, 0.29) is 24.5 Å². The zero-order chi connectivity index (χ0) is 17.9. The quantitative estimate of drug-likeness (QED) is 0.860. The molecule has 1 amide bonds. The Bertz CT molecular complexity index is 808. The van der Waals surface area contributed by atoms with E-state index in [0.29, 0.717) is 13.1 Å². The largest absolute Gasteiger partial charge is 0.497 e. The van der Waals surface area contributed by atoms with Crippen molar-refractivity contribution < 1.29 is 19.0 Å². The van der Waals surface area contributed by atoms with Crippen LogP contribution in [0.5, 0.6) is 17.2 Å². The van der Waals surface area contributed by atoms with Gasteiger partial charge in [0.15, 0.2) is 11.5 Å². The minimum absolute atomic E-state index is 0.0560. The van der Waals surface area contributed by atoms with Gasteiger partial charge >= 0.3 is 0 Å². The van der Waals surface area contributed by atoms with Crippen molar-refractivity contribution in [2.75, 3.05) is 27.0 Å². The standard InChI is InChI=1S/C20H22N2O4/c1-24-15-4-2-3-14(8-15)16-10-21-11-17(16)20(23)22-9-13-5-6-18-19(7-13)26-12-25-18/h2-8,16-17,21H,9-12H2,1H3,(H,22,23). The molecule has 2 N–H and O–H groups in total. The highest BCUT2D eigenvalue weighted by molar-refractivity contribution is 5.80. The van der Waals surface area contributed by atoms with E-state index in [1.807, 2.05) is 36.4 Å². The van der Waals surface area contributed by atoms with Crippen LogP contribution >= 0.6 is 0 Å². The number of carbonyl (C=O) groups is 1. The van der Waals surface area contributed by atoms with E-state index < -0.39 is 0 Å². The minimum Gasteiger partial charge on any atom is -0.497 e. The molecule has 136 valence electrons. The molecule has 1 saturated heterocycles. The number of rotatable bonds is 5. The van der Waals surface area contributed by atoms with Gasteiger partial charge in [-0.1, -0.05) is 18.2 Å². The van der Waals surface area contributed by atoms with Crippen LogP contribution < -0.4 is 24.8 Å². The number of amides is 1. The van der Waals surface area contributed by atoms with Gasteiger partial charge in [-0.2, -0.15) is 0 Å². The highest BCUT2D eigenvalue weighted by Crippen LogP contribution is 2.33. The van der Waals surface area contributed by atoms with Gasteiger partial charge < -0.3 is 24.8 Å². The Labute approximate surface area is 152 Å². The van der Waals surface area contributed by atoms with Gasteiger partial charge in [-0.25, -0.2) is 0 Å². The van der Waals surface area contributed by atoms with E-state index in [4.69, 9.17) is 14.2 Å². The number of ether oxygens (including phenoxy) is 3. The summed E-state index contributed by atoms with van der Waals surface area (Å²) in [5.41, 5.74) is 2.11. The second kappa shape index (κ2) is 7.25. The van der Waals surface area contributed by atoms with Crippen molar-refractivity contribution >= 4 is 5.91 Å². The highest BCUT2D eigenvalue weighted by Gasteiger charge is 2.34. The molecular formula is C20H22N2O4. The zero-order valence-corrected chi connectivity index (χ0v) is 14.7. The number of fused-ring (bicyclic) bond motifs is 1. The molecule has 4 rings (SSSR count). The average Bonchev–Trinajstić information content (AvgIpc) is 3.35. The van der Waals surface area contributed by atoms with Gasteiger partial charge in [0.1, 0.15) is 5.75 Å². The van der Waals surface area contributed by atoms with E-state index in [1.165, 1.54) is 0 Å². The fourth-order valence-electron chi connectivity index (χ4n) is 3.55. The van der Waals surface area contributed by atoms with E-state index in [0.717, 1.165) is 34.9 Å². The first-order valence-electron chi connectivity index (χ1n) is 8.75. The maximum Gasteiger partial charge on any atom is 0.231 e. The molecule has 1 fully saturated rings. The van der Waals surface area contributed by atoms with Crippen LogP contribution in [-0.4, -0.2) is 32.9 Å². The molecule has 2 aliphatic rings. The number of methoxy groups -OCH3 is 1. The van der Waals surface area contributed by atoms with E-state index in [9.17, 15) is 4.79 Å². The number of hydrogen-bond donors (Lipinski definition) is 2. The van der Waals surface area contributed by atoms with Gasteiger partial charge in [0.2, 0.25) is 12.7 Å². The van der Waals surface area contributed by atoms with Crippen LogP contribution in [0, 0.1) is 5.92 Å². The summed E-state index contributed by atoms with van der Waals surface area (Å²) < 4.78 is 16.0. The molecule has 0 aliphatic carbocycles. The Morgan fingerprint density at radius 3 is 2.96 bits per heavy atom. The summed E-state index contributed by atoms with van der Waals surface area (Å²) in [5, 5.41) is 6.39. The van der Waals surface area contributed by atoms with Crippen molar-refractivity contribution in [3.63, 3.8) is 0 Å². The van der Waals surface area contributed by atoms with Crippen LogP contribution in [0.25, 0.3) is 0 Å². The Morgan fingerprint density at radius 1 is 1.19 bits per heavy atom. The molecule has 0 aromatic heterocycles. The molecule has 0 saturated carbocycles. The monoisotopic (exact) mass is 354 g/mol. The predicted molar refractivity (Wildman–Crippen MR) is 96.5 cm³/mol. The Hall–Kier alpha value is -2.73. The van der Waals surface area contributed by atoms with Gasteiger partial charge in [-0.15, -0.1) is 0 Å². The van der Waals surface area contributed by atoms with Crippen LogP contribution in [0.2, 0.25) is 0 Å². The van der Waals surface area contributed by atoms with Gasteiger partial charge in [-0.05, 0) is 35.4 Å². The summed E-state index contributed by atoms with van der Waals surface area (Å²) in [5.74, 6) is 2.39. The smallest absolute Gasteiger partial charge is 0.231 e. The SMILES string of the molecule is COc1cccc(C2CNCC2C(=O)NCc2ccc3c(c2)OCO3)c1. The van der Waals surface area contributed by atoms with Crippen molar-refractivity contribution in [2.24, 2.45) is 5.92 Å². The Balaban J connectivity index is 1.42. The third-order valence-corrected chi connectivity index (χ3v) is 4.98. The van der Waals surface area contributed by atoms with Crippen molar-refractivity contribution in [3.8, 4) is 17.2 Å². The lowest BCUT2D eigenvalue weighted by Crippen LogP contribution is -2.34. The second-order valence-corrected chi connectivity index (χ2v) is 6.55. The van der Waals surface area contributed by atoms with E-state index in [1.54, 1.807) is 7.11 Å². The molecule has 2 aromatic carbocycles. The topological polar surface area (TPSA) is 68.8 Å². The summed E-state index contributed by atoms with van der Waals surface area (Å²) in [6, 6.07) is 13.7. The molecule has 0 radical (unpaired) electrons. The molecule has 0 spiro atoms. The minimum atomic E-state index is -0.101. The van der Waals surface area contributed by atoms with Crippen molar-refractivity contribution in [2.45, 2.75) is 12.5 Å². The maximum absolute atomic E-state index is 12.8. The van der Waals surface area contributed by atoms with Crippen molar-refractivity contribution in [1.29, 1.82) is 0 Å². The molecule has 6 heteroatoms. The van der Waals surface area contributed by atoms with Gasteiger partial charge in [0.25, 0.3) is 0 Å². The molecule has 2 unspecified atom stereocenters. The highest BCUT2D eigenvalue weighted by atomic mass is 16.7. The molecule has 2 atom stereocenters. The zero-order valence-electron chi connectivity index (χ0n) is 14.7. The Kier molecular flexibility index (Phi) is 4.67.